The first-order valence-corrected chi connectivity index (χ1v) is 6.42. The van der Waals surface area contributed by atoms with E-state index in [0.29, 0.717) is 5.54 Å². The van der Waals surface area contributed by atoms with Crippen LogP contribution < -0.4 is 0 Å². The van der Waals surface area contributed by atoms with E-state index in [-0.39, 0.29) is 0 Å². The lowest BCUT2D eigenvalue weighted by molar-refractivity contribution is 0.160. The molecule has 1 aliphatic rings. The summed E-state index contributed by atoms with van der Waals surface area (Å²) in [7, 11) is 4.36. The maximum atomic E-state index is 2.63. The van der Waals surface area contributed by atoms with Gasteiger partial charge in [0.1, 0.15) is 0 Å². The van der Waals surface area contributed by atoms with Gasteiger partial charge >= 0.3 is 0 Å². The first-order valence-electron chi connectivity index (χ1n) is 6.42. The van der Waals surface area contributed by atoms with Gasteiger partial charge in [-0.3, -0.25) is 0 Å². The standard InChI is InChI=1S/C13H28N2/c1-13(2,14(3)4)9-8-12-15-10-6-5-7-11-15/h5-12H2,1-4H3. The molecule has 1 aliphatic heterocycles. The van der Waals surface area contributed by atoms with Gasteiger partial charge < -0.3 is 9.80 Å². The van der Waals surface area contributed by atoms with E-state index in [1.165, 1.54) is 51.7 Å². The Kier molecular flexibility index (Phi) is 5.07. The second-order valence-electron chi connectivity index (χ2n) is 5.71. The van der Waals surface area contributed by atoms with Gasteiger partial charge in [-0.25, -0.2) is 0 Å². The zero-order chi connectivity index (χ0) is 11.3. The fourth-order valence-corrected chi connectivity index (χ4v) is 2.14. The van der Waals surface area contributed by atoms with Crippen LogP contribution in [0.3, 0.4) is 0 Å². The van der Waals surface area contributed by atoms with E-state index in [0.717, 1.165) is 0 Å². The van der Waals surface area contributed by atoms with Crippen LogP contribution >= 0.6 is 0 Å². The van der Waals surface area contributed by atoms with Crippen LogP contribution in [0.15, 0.2) is 0 Å². The summed E-state index contributed by atoms with van der Waals surface area (Å²) in [5.41, 5.74) is 0.357. The van der Waals surface area contributed by atoms with E-state index in [4.69, 9.17) is 0 Å². The third-order valence-electron chi connectivity index (χ3n) is 3.92. The Hall–Kier alpha value is -0.0800. The number of nitrogens with zero attached hydrogens (tertiary/aromatic N) is 2. The summed E-state index contributed by atoms with van der Waals surface area (Å²) in [6.07, 6.45) is 6.91. The highest BCUT2D eigenvalue weighted by atomic mass is 15.1. The van der Waals surface area contributed by atoms with Crippen LogP contribution in [-0.4, -0.2) is 49.1 Å². The van der Waals surface area contributed by atoms with Crippen LogP contribution in [0.4, 0.5) is 0 Å². The third kappa shape index (κ3) is 4.52. The van der Waals surface area contributed by atoms with E-state index in [9.17, 15) is 0 Å². The lowest BCUT2D eigenvalue weighted by Gasteiger charge is -2.34. The van der Waals surface area contributed by atoms with Crippen molar-refractivity contribution in [1.82, 2.24) is 9.80 Å². The van der Waals surface area contributed by atoms with Crippen molar-refractivity contribution in [2.45, 2.75) is 51.5 Å². The molecule has 1 heterocycles. The van der Waals surface area contributed by atoms with Crippen molar-refractivity contribution in [2.24, 2.45) is 0 Å². The van der Waals surface area contributed by atoms with Crippen molar-refractivity contribution >= 4 is 0 Å². The largest absolute Gasteiger partial charge is 0.304 e. The summed E-state index contributed by atoms with van der Waals surface area (Å²) in [6, 6.07) is 0. The second-order valence-corrected chi connectivity index (χ2v) is 5.71. The minimum atomic E-state index is 0.357. The van der Waals surface area contributed by atoms with E-state index >= 15 is 0 Å². The molecular weight excluding hydrogens is 184 g/mol. The van der Waals surface area contributed by atoms with Gasteiger partial charge in [-0.1, -0.05) is 6.42 Å². The SMILES string of the molecule is CN(C)C(C)(C)CCCN1CCCCC1. The van der Waals surface area contributed by atoms with E-state index < -0.39 is 0 Å². The van der Waals surface area contributed by atoms with E-state index in [1.54, 1.807) is 0 Å². The normalized spacial score (nSPS) is 19.8. The zero-order valence-corrected chi connectivity index (χ0v) is 11.1. The molecule has 0 aromatic heterocycles. The second kappa shape index (κ2) is 5.86. The number of likely N-dealkylation sites (tertiary alicyclic amines) is 1. The highest BCUT2D eigenvalue weighted by Crippen LogP contribution is 2.18. The molecule has 0 aromatic carbocycles. The highest BCUT2D eigenvalue weighted by Gasteiger charge is 2.20. The van der Waals surface area contributed by atoms with Gasteiger partial charge in [0.2, 0.25) is 0 Å². The molecule has 1 fully saturated rings. The minimum Gasteiger partial charge on any atom is -0.304 e. The van der Waals surface area contributed by atoms with Gasteiger partial charge in [-0.2, -0.15) is 0 Å². The number of piperidine rings is 1. The van der Waals surface area contributed by atoms with Crippen molar-refractivity contribution in [1.29, 1.82) is 0 Å². The quantitative estimate of drug-likeness (QED) is 0.691. The average molecular weight is 212 g/mol. The molecule has 90 valence electrons. The molecule has 0 spiro atoms. The lowest BCUT2D eigenvalue weighted by atomic mass is 9.97. The molecular formula is C13H28N2. The molecule has 0 N–H and O–H groups in total. The van der Waals surface area contributed by atoms with Crippen LogP contribution in [0.25, 0.3) is 0 Å². The summed E-state index contributed by atoms with van der Waals surface area (Å²) in [5, 5.41) is 0. The van der Waals surface area contributed by atoms with Crippen molar-refractivity contribution in [3.63, 3.8) is 0 Å². The smallest absolute Gasteiger partial charge is 0.0147 e. The molecule has 1 saturated heterocycles. The van der Waals surface area contributed by atoms with Crippen molar-refractivity contribution in [3.8, 4) is 0 Å². The van der Waals surface area contributed by atoms with E-state index in [1.807, 2.05) is 0 Å². The maximum absolute atomic E-state index is 2.63. The molecule has 0 bridgehead atoms. The summed E-state index contributed by atoms with van der Waals surface area (Å²) >= 11 is 0. The van der Waals surface area contributed by atoms with Crippen LogP contribution in [0.5, 0.6) is 0 Å². The van der Waals surface area contributed by atoms with E-state index in [2.05, 4.69) is 37.7 Å². The average Bonchev–Trinajstić information content (AvgIpc) is 2.19. The first-order chi connectivity index (χ1) is 7.02. The Labute approximate surface area is 95.6 Å². The molecule has 0 unspecified atom stereocenters. The van der Waals surface area contributed by atoms with Gasteiger partial charge in [-0.05, 0) is 73.3 Å². The molecule has 1 rings (SSSR count). The zero-order valence-electron chi connectivity index (χ0n) is 11.1. The lowest BCUT2D eigenvalue weighted by Crippen LogP contribution is -2.39. The first kappa shape index (κ1) is 13.0. The third-order valence-corrected chi connectivity index (χ3v) is 3.92. The van der Waals surface area contributed by atoms with Gasteiger partial charge in [0.15, 0.2) is 0 Å². The molecule has 0 amide bonds. The van der Waals surface area contributed by atoms with Crippen LogP contribution in [0, 0.1) is 0 Å². The molecule has 0 atom stereocenters. The van der Waals surface area contributed by atoms with Crippen molar-refractivity contribution in [3.05, 3.63) is 0 Å². The molecule has 15 heavy (non-hydrogen) atoms. The monoisotopic (exact) mass is 212 g/mol. The number of hydrogen-bond donors (Lipinski definition) is 0. The van der Waals surface area contributed by atoms with Gasteiger partial charge in [-0.15, -0.1) is 0 Å². The number of rotatable bonds is 5. The molecule has 2 heteroatoms. The fourth-order valence-electron chi connectivity index (χ4n) is 2.14. The van der Waals surface area contributed by atoms with Crippen LogP contribution in [0.2, 0.25) is 0 Å². The predicted octanol–water partition coefficient (Wildman–Crippen LogP) is 2.59. The minimum absolute atomic E-state index is 0.357. The predicted molar refractivity (Wildman–Crippen MR) is 67.3 cm³/mol. The summed E-state index contributed by atoms with van der Waals surface area (Å²) in [4.78, 5) is 4.97. The Morgan fingerprint density at radius 1 is 1.07 bits per heavy atom. The summed E-state index contributed by atoms with van der Waals surface area (Å²) in [5.74, 6) is 0. The van der Waals surface area contributed by atoms with Gasteiger partial charge in [0.25, 0.3) is 0 Å². The fraction of sp³-hybridized carbons (Fsp3) is 1.00. The molecule has 2 nitrogen and oxygen atoms in total. The van der Waals surface area contributed by atoms with Crippen LogP contribution in [0.1, 0.15) is 46.0 Å². The molecule has 0 radical (unpaired) electrons. The van der Waals surface area contributed by atoms with Gasteiger partial charge in [0, 0.05) is 5.54 Å². The highest BCUT2D eigenvalue weighted by molar-refractivity contribution is 4.77. The van der Waals surface area contributed by atoms with Crippen molar-refractivity contribution < 1.29 is 0 Å². The topological polar surface area (TPSA) is 6.48 Å². The maximum Gasteiger partial charge on any atom is 0.0147 e. The summed E-state index contributed by atoms with van der Waals surface area (Å²) < 4.78 is 0. The van der Waals surface area contributed by atoms with Gasteiger partial charge in [0.05, 0.1) is 0 Å². The Balaban J connectivity index is 2.14. The molecule has 0 aromatic rings. The number of hydrogen-bond acceptors (Lipinski definition) is 2. The Bertz CT molecular complexity index is 169. The Morgan fingerprint density at radius 3 is 2.20 bits per heavy atom. The summed E-state index contributed by atoms with van der Waals surface area (Å²) in [6.45, 7) is 8.65. The molecule has 0 saturated carbocycles. The Morgan fingerprint density at radius 2 is 1.67 bits per heavy atom. The molecule has 0 aliphatic carbocycles. The van der Waals surface area contributed by atoms with Crippen molar-refractivity contribution in [2.75, 3.05) is 33.7 Å². The van der Waals surface area contributed by atoms with Crippen LogP contribution in [-0.2, 0) is 0 Å².